The van der Waals surface area contributed by atoms with E-state index in [9.17, 15) is 0 Å². The van der Waals surface area contributed by atoms with Crippen LogP contribution in [0.25, 0.3) is 0 Å². The van der Waals surface area contributed by atoms with E-state index in [-0.39, 0.29) is 5.41 Å². The van der Waals surface area contributed by atoms with E-state index in [2.05, 4.69) is 70.7 Å². The van der Waals surface area contributed by atoms with Crippen molar-refractivity contribution in [1.82, 2.24) is 0 Å². The maximum atomic E-state index is 3.99. The summed E-state index contributed by atoms with van der Waals surface area (Å²) >= 11 is 0. The molecule has 0 heteroatoms. The lowest BCUT2D eigenvalue weighted by molar-refractivity contribution is 0.198. The van der Waals surface area contributed by atoms with Crippen LogP contribution in [-0.2, 0) is 6.42 Å². The normalized spacial score (nSPS) is 13.7. The number of hydrogen-bond acceptors (Lipinski definition) is 0. The fraction of sp³-hybridized carbons (Fsp3) is 0.529. The molecular weight excluding hydrogens is 204 g/mol. The lowest BCUT2D eigenvalue weighted by Gasteiger charge is -2.35. The van der Waals surface area contributed by atoms with Crippen molar-refractivity contribution in [2.75, 3.05) is 0 Å². The second-order valence-electron chi connectivity index (χ2n) is 5.90. The quantitative estimate of drug-likeness (QED) is 0.596. The van der Waals surface area contributed by atoms with Crippen LogP contribution in [0.15, 0.2) is 43.0 Å². The molecule has 1 aromatic rings. The van der Waals surface area contributed by atoms with Crippen LogP contribution in [-0.4, -0.2) is 0 Å². The molecule has 17 heavy (non-hydrogen) atoms. The van der Waals surface area contributed by atoms with Crippen LogP contribution in [0, 0.1) is 17.3 Å². The van der Waals surface area contributed by atoms with Gasteiger partial charge in [-0.15, -0.1) is 6.58 Å². The van der Waals surface area contributed by atoms with E-state index >= 15 is 0 Å². The van der Waals surface area contributed by atoms with E-state index in [0.717, 1.165) is 0 Å². The molecule has 1 unspecified atom stereocenters. The number of benzene rings is 1. The topological polar surface area (TPSA) is 0 Å². The van der Waals surface area contributed by atoms with Gasteiger partial charge in [0.2, 0.25) is 0 Å². The predicted octanol–water partition coefficient (Wildman–Crippen LogP) is 5.10. The fourth-order valence-corrected chi connectivity index (χ4v) is 2.68. The third-order valence-corrected chi connectivity index (χ3v) is 3.87. The maximum Gasteiger partial charge on any atom is -0.0147 e. The monoisotopic (exact) mass is 230 g/mol. The van der Waals surface area contributed by atoms with Gasteiger partial charge in [0.15, 0.2) is 0 Å². The summed E-state index contributed by atoms with van der Waals surface area (Å²) in [6.45, 7) is 13.2. The van der Waals surface area contributed by atoms with E-state index in [1.807, 2.05) is 0 Å². The molecule has 0 heterocycles. The first-order chi connectivity index (χ1) is 7.97. The second kappa shape index (κ2) is 6.05. The van der Waals surface area contributed by atoms with Gasteiger partial charge < -0.3 is 0 Å². The highest BCUT2D eigenvalue weighted by atomic mass is 14.3. The molecule has 0 spiro atoms. The molecule has 1 rings (SSSR count). The molecule has 0 radical (unpaired) electrons. The smallest absolute Gasteiger partial charge is 0.0147 e. The van der Waals surface area contributed by atoms with Gasteiger partial charge in [-0.3, -0.25) is 0 Å². The van der Waals surface area contributed by atoms with Gasteiger partial charge in [0.25, 0.3) is 0 Å². The molecule has 0 saturated carbocycles. The minimum atomic E-state index is 0.225. The number of hydrogen-bond donors (Lipinski definition) is 0. The highest BCUT2D eigenvalue weighted by Crippen LogP contribution is 2.36. The largest absolute Gasteiger partial charge is 0.103 e. The molecule has 0 amide bonds. The molecule has 0 nitrogen and oxygen atoms in total. The van der Waals surface area contributed by atoms with Crippen LogP contribution < -0.4 is 0 Å². The van der Waals surface area contributed by atoms with Gasteiger partial charge in [-0.05, 0) is 35.7 Å². The molecule has 1 aromatic carbocycles. The summed E-state index contributed by atoms with van der Waals surface area (Å²) in [5, 5.41) is 0. The Balaban J connectivity index is 2.66. The molecule has 0 aliphatic carbocycles. The standard InChI is InChI=1S/C17H26/c1-6-17(4,5)16(14(2)3)13-12-15-10-8-7-9-11-15/h6-11,14,16H,1,12-13H2,2-5H3. The average molecular weight is 230 g/mol. The van der Waals surface area contributed by atoms with Crippen LogP contribution in [0.2, 0.25) is 0 Å². The first-order valence-electron chi connectivity index (χ1n) is 6.65. The number of aryl methyl sites for hydroxylation is 1. The highest BCUT2D eigenvalue weighted by molar-refractivity contribution is 5.15. The Kier molecular flexibility index (Phi) is 4.99. The van der Waals surface area contributed by atoms with Crippen LogP contribution in [0.1, 0.15) is 39.7 Å². The summed E-state index contributed by atoms with van der Waals surface area (Å²) < 4.78 is 0. The van der Waals surface area contributed by atoms with E-state index in [1.54, 1.807) is 0 Å². The molecule has 0 N–H and O–H groups in total. The summed E-state index contributed by atoms with van der Waals surface area (Å²) in [4.78, 5) is 0. The van der Waals surface area contributed by atoms with Crippen LogP contribution in [0.4, 0.5) is 0 Å². The van der Waals surface area contributed by atoms with Crippen LogP contribution in [0.3, 0.4) is 0 Å². The van der Waals surface area contributed by atoms with Crippen LogP contribution in [0.5, 0.6) is 0 Å². The molecule has 0 bridgehead atoms. The van der Waals surface area contributed by atoms with Crippen molar-refractivity contribution in [2.45, 2.75) is 40.5 Å². The minimum Gasteiger partial charge on any atom is -0.103 e. The number of rotatable bonds is 6. The van der Waals surface area contributed by atoms with E-state index in [4.69, 9.17) is 0 Å². The van der Waals surface area contributed by atoms with Crippen LogP contribution >= 0.6 is 0 Å². The van der Waals surface area contributed by atoms with Crippen molar-refractivity contribution in [3.05, 3.63) is 48.6 Å². The second-order valence-corrected chi connectivity index (χ2v) is 5.90. The van der Waals surface area contributed by atoms with E-state index in [1.165, 1.54) is 18.4 Å². The maximum absolute atomic E-state index is 3.99. The molecule has 0 saturated heterocycles. The van der Waals surface area contributed by atoms with Gasteiger partial charge >= 0.3 is 0 Å². The van der Waals surface area contributed by atoms with Crippen molar-refractivity contribution >= 4 is 0 Å². The SMILES string of the molecule is C=CC(C)(C)C(CCc1ccccc1)C(C)C. The summed E-state index contributed by atoms with van der Waals surface area (Å²) in [5.74, 6) is 1.40. The first-order valence-corrected chi connectivity index (χ1v) is 6.65. The zero-order valence-corrected chi connectivity index (χ0v) is 11.7. The van der Waals surface area contributed by atoms with Gasteiger partial charge in [-0.25, -0.2) is 0 Å². The number of allylic oxidation sites excluding steroid dienone is 1. The fourth-order valence-electron chi connectivity index (χ4n) is 2.68. The summed E-state index contributed by atoms with van der Waals surface area (Å²) in [7, 11) is 0. The predicted molar refractivity (Wildman–Crippen MR) is 77.1 cm³/mol. The molecule has 0 aromatic heterocycles. The summed E-state index contributed by atoms with van der Waals surface area (Å²) in [6.07, 6.45) is 4.52. The Morgan fingerprint density at radius 2 is 1.76 bits per heavy atom. The van der Waals surface area contributed by atoms with Gasteiger partial charge in [-0.1, -0.05) is 64.1 Å². The average Bonchev–Trinajstić information content (AvgIpc) is 2.30. The Hall–Kier alpha value is -1.04. The van der Waals surface area contributed by atoms with Gasteiger partial charge in [0.1, 0.15) is 0 Å². The lowest BCUT2D eigenvalue weighted by Crippen LogP contribution is -2.26. The van der Waals surface area contributed by atoms with Crippen molar-refractivity contribution in [2.24, 2.45) is 17.3 Å². The highest BCUT2D eigenvalue weighted by Gasteiger charge is 2.28. The Morgan fingerprint density at radius 1 is 1.18 bits per heavy atom. The molecule has 0 aliphatic heterocycles. The zero-order chi connectivity index (χ0) is 12.9. The zero-order valence-electron chi connectivity index (χ0n) is 11.7. The summed E-state index contributed by atoms with van der Waals surface area (Å²) in [5.41, 5.74) is 1.67. The van der Waals surface area contributed by atoms with Crippen molar-refractivity contribution in [3.8, 4) is 0 Å². The molecule has 94 valence electrons. The van der Waals surface area contributed by atoms with Gasteiger partial charge in [0.05, 0.1) is 0 Å². The minimum absolute atomic E-state index is 0.225. The van der Waals surface area contributed by atoms with E-state index in [0.29, 0.717) is 11.8 Å². The molecule has 0 aliphatic rings. The Morgan fingerprint density at radius 3 is 2.24 bits per heavy atom. The Labute approximate surface area is 107 Å². The first kappa shape index (κ1) is 14.0. The van der Waals surface area contributed by atoms with Crippen molar-refractivity contribution < 1.29 is 0 Å². The third-order valence-electron chi connectivity index (χ3n) is 3.87. The Bertz CT molecular complexity index is 332. The van der Waals surface area contributed by atoms with Gasteiger partial charge in [0, 0.05) is 0 Å². The third kappa shape index (κ3) is 4.03. The molecular formula is C17H26. The molecule has 1 atom stereocenters. The van der Waals surface area contributed by atoms with E-state index < -0.39 is 0 Å². The van der Waals surface area contributed by atoms with Crippen molar-refractivity contribution in [1.29, 1.82) is 0 Å². The summed E-state index contributed by atoms with van der Waals surface area (Å²) in [6, 6.07) is 10.8. The van der Waals surface area contributed by atoms with Crippen molar-refractivity contribution in [3.63, 3.8) is 0 Å². The lowest BCUT2D eigenvalue weighted by atomic mass is 9.70. The molecule has 0 fully saturated rings. The van der Waals surface area contributed by atoms with Gasteiger partial charge in [-0.2, -0.15) is 0 Å².